The van der Waals surface area contributed by atoms with Crippen molar-refractivity contribution in [3.05, 3.63) is 82.9 Å². The quantitative estimate of drug-likeness (QED) is 0.265. The number of rotatable bonds is 11. The Kier molecular flexibility index (Phi) is 10.5. The van der Waals surface area contributed by atoms with E-state index in [1.807, 2.05) is 36.4 Å². The zero-order valence-electron chi connectivity index (χ0n) is 23.2. The number of benzene rings is 2. The Hall–Kier alpha value is -2.07. The van der Waals surface area contributed by atoms with E-state index in [4.69, 9.17) is 4.74 Å². The molecule has 0 radical (unpaired) electrons. The molecule has 2 aliphatic rings. The molecule has 2 aromatic carbocycles. The minimum Gasteiger partial charge on any atom is -0.313 e. The van der Waals surface area contributed by atoms with Gasteiger partial charge in [-0.05, 0) is 117 Å². The number of hydrogen-bond acceptors (Lipinski definition) is 1. The largest absolute Gasteiger partial charge is 0.391 e. The highest BCUT2D eigenvalue weighted by atomic mass is 19.3. The van der Waals surface area contributed by atoms with Crippen molar-refractivity contribution in [1.82, 2.24) is 0 Å². The van der Waals surface area contributed by atoms with Gasteiger partial charge >= 0.3 is 6.11 Å². The minimum atomic E-state index is -3.88. The Bertz CT molecular complexity index is 981. The van der Waals surface area contributed by atoms with Crippen LogP contribution >= 0.6 is 0 Å². The van der Waals surface area contributed by atoms with Crippen LogP contribution < -0.4 is 0 Å². The maximum atomic E-state index is 14.8. The topological polar surface area (TPSA) is 9.23 Å². The summed E-state index contributed by atoms with van der Waals surface area (Å²) in [5.74, 6) is 2.58. The molecule has 0 bridgehead atoms. The Morgan fingerprint density at radius 3 is 1.87 bits per heavy atom. The molecule has 38 heavy (non-hydrogen) atoms. The van der Waals surface area contributed by atoms with Crippen molar-refractivity contribution >= 4 is 0 Å². The van der Waals surface area contributed by atoms with Gasteiger partial charge in [0.25, 0.3) is 0 Å². The summed E-state index contributed by atoms with van der Waals surface area (Å²) in [5, 5.41) is 0. The average Bonchev–Trinajstić information content (AvgIpc) is 2.97. The van der Waals surface area contributed by atoms with Crippen LogP contribution in [0.15, 0.2) is 60.7 Å². The summed E-state index contributed by atoms with van der Waals surface area (Å²) in [5.41, 5.74) is 3.00. The van der Waals surface area contributed by atoms with Crippen molar-refractivity contribution in [2.75, 3.05) is 0 Å². The molecule has 4 heteroatoms. The standard InChI is InChI=1S/C34H45F3O/c1-3-5-6-7-26-10-16-29(17-11-26)30-18-12-27(13-19-30)24-38-34(36,37)33(35)32-22-20-31(21-23-32)28-14-8-25(4-2)9-15-28/h3,5,12-13,18-23,25-26,28-29,33H,4,6-11,14-17,24H2,1-2H3. The second kappa shape index (κ2) is 13.8. The Labute approximate surface area is 227 Å². The number of alkyl halides is 3. The molecule has 2 aromatic rings. The van der Waals surface area contributed by atoms with Crippen LogP contribution in [0.5, 0.6) is 0 Å². The van der Waals surface area contributed by atoms with E-state index < -0.39 is 12.3 Å². The maximum Gasteiger partial charge on any atom is 0.391 e. The van der Waals surface area contributed by atoms with Gasteiger partial charge in [0.1, 0.15) is 0 Å². The van der Waals surface area contributed by atoms with Crippen LogP contribution in [-0.4, -0.2) is 6.11 Å². The van der Waals surface area contributed by atoms with Crippen LogP contribution in [0.1, 0.15) is 125 Å². The fourth-order valence-electron chi connectivity index (χ4n) is 6.46. The molecule has 0 aliphatic heterocycles. The van der Waals surface area contributed by atoms with Crippen LogP contribution in [-0.2, 0) is 11.3 Å². The molecule has 1 unspecified atom stereocenters. The van der Waals surface area contributed by atoms with E-state index in [-0.39, 0.29) is 12.2 Å². The molecule has 1 atom stereocenters. The van der Waals surface area contributed by atoms with Crippen LogP contribution in [0.4, 0.5) is 13.2 Å². The van der Waals surface area contributed by atoms with E-state index in [0.717, 1.165) is 36.7 Å². The highest BCUT2D eigenvalue weighted by Crippen LogP contribution is 2.41. The lowest BCUT2D eigenvalue weighted by atomic mass is 9.77. The van der Waals surface area contributed by atoms with Gasteiger partial charge in [-0.2, -0.15) is 8.78 Å². The Morgan fingerprint density at radius 1 is 0.816 bits per heavy atom. The van der Waals surface area contributed by atoms with E-state index in [2.05, 4.69) is 26.0 Å². The summed E-state index contributed by atoms with van der Waals surface area (Å²) in [4.78, 5) is 0. The molecule has 0 heterocycles. The first-order valence-corrected chi connectivity index (χ1v) is 14.8. The molecular formula is C34H45F3O. The predicted octanol–water partition coefficient (Wildman–Crippen LogP) is 10.8. The zero-order chi connectivity index (χ0) is 27.0. The molecule has 4 rings (SSSR count). The van der Waals surface area contributed by atoms with Crippen LogP contribution in [0.3, 0.4) is 0 Å². The van der Waals surface area contributed by atoms with Crippen molar-refractivity contribution in [2.45, 2.75) is 115 Å². The van der Waals surface area contributed by atoms with Gasteiger partial charge in [-0.1, -0.05) is 74.0 Å². The van der Waals surface area contributed by atoms with Gasteiger partial charge in [-0.3, -0.25) is 0 Å². The highest BCUT2D eigenvalue weighted by Gasteiger charge is 2.43. The first-order valence-electron chi connectivity index (χ1n) is 14.8. The Morgan fingerprint density at radius 2 is 1.34 bits per heavy atom. The summed E-state index contributed by atoms with van der Waals surface area (Å²) >= 11 is 0. The third-order valence-electron chi connectivity index (χ3n) is 9.13. The lowest BCUT2D eigenvalue weighted by Crippen LogP contribution is -2.27. The number of allylic oxidation sites excluding steroid dienone is 2. The molecule has 2 fully saturated rings. The second-order valence-electron chi connectivity index (χ2n) is 11.6. The maximum absolute atomic E-state index is 14.8. The van der Waals surface area contributed by atoms with Crippen LogP contribution in [0, 0.1) is 11.8 Å². The summed E-state index contributed by atoms with van der Waals surface area (Å²) in [6.07, 6.45) is 11.1. The van der Waals surface area contributed by atoms with Gasteiger partial charge in [0.15, 0.2) is 0 Å². The zero-order valence-corrected chi connectivity index (χ0v) is 23.2. The predicted molar refractivity (Wildman–Crippen MR) is 150 cm³/mol. The molecule has 0 N–H and O–H groups in total. The Balaban J connectivity index is 1.25. The van der Waals surface area contributed by atoms with Crippen molar-refractivity contribution < 1.29 is 17.9 Å². The highest BCUT2D eigenvalue weighted by molar-refractivity contribution is 5.28. The molecule has 2 saturated carbocycles. The van der Waals surface area contributed by atoms with E-state index >= 15 is 0 Å². The first kappa shape index (κ1) is 28.9. The molecule has 0 aromatic heterocycles. The second-order valence-corrected chi connectivity index (χ2v) is 11.6. The first-order chi connectivity index (χ1) is 18.4. The number of ether oxygens (including phenoxy) is 1. The van der Waals surface area contributed by atoms with Gasteiger partial charge in [0, 0.05) is 0 Å². The summed E-state index contributed by atoms with van der Waals surface area (Å²) in [6, 6.07) is 14.4. The molecule has 2 aliphatic carbocycles. The average molecular weight is 527 g/mol. The lowest BCUT2D eigenvalue weighted by Gasteiger charge is -2.29. The van der Waals surface area contributed by atoms with Crippen molar-refractivity contribution in [3.63, 3.8) is 0 Å². The number of hydrogen-bond donors (Lipinski definition) is 0. The third kappa shape index (κ3) is 7.74. The SMILES string of the molecule is CC=CCCC1CCC(c2ccc(COC(F)(F)C(F)c3ccc(C4CCC(CC)CC4)cc3)cc2)CC1. The van der Waals surface area contributed by atoms with Gasteiger partial charge in [-0.25, -0.2) is 4.39 Å². The van der Waals surface area contributed by atoms with Gasteiger partial charge in [0.05, 0.1) is 6.61 Å². The van der Waals surface area contributed by atoms with E-state index in [1.54, 1.807) is 0 Å². The summed E-state index contributed by atoms with van der Waals surface area (Å²) in [7, 11) is 0. The summed E-state index contributed by atoms with van der Waals surface area (Å²) in [6.45, 7) is 3.99. The molecule has 0 saturated heterocycles. The normalized spacial score (nSPS) is 25.5. The monoisotopic (exact) mass is 526 g/mol. The van der Waals surface area contributed by atoms with Crippen molar-refractivity contribution in [2.24, 2.45) is 11.8 Å². The van der Waals surface area contributed by atoms with E-state index in [9.17, 15) is 13.2 Å². The molecular weight excluding hydrogens is 481 g/mol. The summed E-state index contributed by atoms with van der Waals surface area (Å²) < 4.78 is 49.0. The van der Waals surface area contributed by atoms with Crippen LogP contribution in [0.2, 0.25) is 0 Å². The third-order valence-corrected chi connectivity index (χ3v) is 9.13. The smallest absolute Gasteiger partial charge is 0.313 e. The fraction of sp³-hybridized carbons (Fsp3) is 0.588. The van der Waals surface area contributed by atoms with E-state index in [0.29, 0.717) is 17.4 Å². The fourth-order valence-corrected chi connectivity index (χ4v) is 6.46. The van der Waals surface area contributed by atoms with Gasteiger partial charge in [-0.15, -0.1) is 0 Å². The number of halogens is 3. The van der Waals surface area contributed by atoms with Crippen molar-refractivity contribution in [1.29, 1.82) is 0 Å². The van der Waals surface area contributed by atoms with E-state index in [1.165, 1.54) is 69.1 Å². The molecule has 208 valence electrons. The van der Waals surface area contributed by atoms with Gasteiger partial charge < -0.3 is 4.74 Å². The van der Waals surface area contributed by atoms with Gasteiger partial charge in [0.2, 0.25) is 6.17 Å². The van der Waals surface area contributed by atoms with Crippen LogP contribution in [0.25, 0.3) is 0 Å². The minimum absolute atomic E-state index is 0.0299. The molecule has 0 spiro atoms. The lowest BCUT2D eigenvalue weighted by molar-refractivity contribution is -0.282. The van der Waals surface area contributed by atoms with Crippen molar-refractivity contribution in [3.8, 4) is 0 Å². The molecule has 1 nitrogen and oxygen atoms in total. The molecule has 0 amide bonds.